The Morgan fingerprint density at radius 2 is 1.72 bits per heavy atom. The molecule has 0 aromatic heterocycles. The summed E-state index contributed by atoms with van der Waals surface area (Å²) < 4.78 is 2.26. The molecule has 1 saturated heterocycles. The van der Waals surface area contributed by atoms with Gasteiger partial charge in [-0.05, 0) is 73.0 Å². The Balaban J connectivity index is 1.46. The van der Waals surface area contributed by atoms with Crippen LogP contribution in [0.25, 0.3) is 0 Å². The number of nitrogens with zero attached hydrogens (tertiary/aromatic N) is 3. The highest BCUT2D eigenvalue weighted by atomic mass is 35.5. The second-order valence-electron chi connectivity index (χ2n) is 7.52. The lowest BCUT2D eigenvalue weighted by Crippen LogP contribution is -2.46. The van der Waals surface area contributed by atoms with Crippen molar-refractivity contribution in [3.05, 3.63) is 88.4 Å². The van der Waals surface area contributed by atoms with Gasteiger partial charge in [-0.15, -0.1) is 0 Å². The zero-order valence-electron chi connectivity index (χ0n) is 17.6. The predicted molar refractivity (Wildman–Crippen MR) is 131 cm³/mol. The van der Waals surface area contributed by atoms with Gasteiger partial charge < -0.3 is 4.90 Å². The number of rotatable bonds is 5. The van der Waals surface area contributed by atoms with Crippen LogP contribution in [0, 0.1) is 18.3 Å². The van der Waals surface area contributed by atoms with Crippen molar-refractivity contribution in [2.75, 3.05) is 26.2 Å². The number of nitriles is 1. The van der Waals surface area contributed by atoms with Crippen LogP contribution in [0.15, 0.2) is 81.4 Å². The van der Waals surface area contributed by atoms with Gasteiger partial charge >= 0.3 is 0 Å². The van der Waals surface area contributed by atoms with Crippen LogP contribution in [-0.2, 0) is 0 Å². The zero-order chi connectivity index (χ0) is 22.5. The lowest BCUT2D eigenvalue weighted by molar-refractivity contribution is 0.0704. The summed E-state index contributed by atoms with van der Waals surface area (Å²) in [5.41, 5.74) is 2.48. The van der Waals surface area contributed by atoms with E-state index in [2.05, 4.69) is 16.4 Å². The van der Waals surface area contributed by atoms with Crippen molar-refractivity contribution in [3.8, 4) is 6.07 Å². The van der Waals surface area contributed by atoms with Gasteiger partial charge in [-0.3, -0.25) is 4.79 Å². The molecular formula is C25H22ClN3OS2. The van der Waals surface area contributed by atoms with Crippen molar-refractivity contribution in [3.63, 3.8) is 0 Å². The second kappa shape index (κ2) is 10.5. The summed E-state index contributed by atoms with van der Waals surface area (Å²) in [7, 11) is 0. The van der Waals surface area contributed by atoms with E-state index in [1.54, 1.807) is 23.7 Å². The molecule has 1 heterocycles. The number of amides is 1. The van der Waals surface area contributed by atoms with E-state index in [1.807, 2.05) is 72.5 Å². The Bertz CT molecular complexity index is 1140. The smallest absolute Gasteiger partial charge is 0.253 e. The third kappa shape index (κ3) is 5.67. The minimum absolute atomic E-state index is 0.0781. The Hall–Kier alpha value is -2.43. The van der Waals surface area contributed by atoms with Crippen LogP contribution in [0.2, 0.25) is 5.02 Å². The molecule has 0 unspecified atom stereocenters. The molecule has 3 aromatic carbocycles. The largest absolute Gasteiger partial charge is 0.336 e. The van der Waals surface area contributed by atoms with Gasteiger partial charge in [-0.25, -0.2) is 4.31 Å². The zero-order valence-corrected chi connectivity index (χ0v) is 20.0. The molecule has 4 rings (SSSR count). The molecule has 32 heavy (non-hydrogen) atoms. The highest BCUT2D eigenvalue weighted by Gasteiger charge is 2.23. The number of carbonyl (C=O) groups excluding carboxylic acids is 1. The summed E-state index contributed by atoms with van der Waals surface area (Å²) in [6.45, 7) is 4.91. The van der Waals surface area contributed by atoms with Crippen molar-refractivity contribution in [1.82, 2.24) is 9.21 Å². The lowest BCUT2D eigenvalue weighted by atomic mass is 10.2. The highest BCUT2D eigenvalue weighted by Crippen LogP contribution is 2.39. The van der Waals surface area contributed by atoms with E-state index in [1.165, 1.54) is 0 Å². The fourth-order valence-electron chi connectivity index (χ4n) is 3.51. The first-order chi connectivity index (χ1) is 15.5. The topological polar surface area (TPSA) is 47.3 Å². The van der Waals surface area contributed by atoms with Crippen molar-refractivity contribution in [1.29, 1.82) is 5.26 Å². The van der Waals surface area contributed by atoms with Crippen LogP contribution < -0.4 is 0 Å². The SMILES string of the molecule is Cc1cc(Cl)cc(Sc2ccc(C#N)cc2SN2CCN(C(=O)c3ccccc3)CC2)c1. The Morgan fingerprint density at radius 1 is 0.969 bits per heavy atom. The van der Waals surface area contributed by atoms with Crippen molar-refractivity contribution >= 4 is 41.2 Å². The van der Waals surface area contributed by atoms with E-state index in [-0.39, 0.29) is 5.91 Å². The molecular weight excluding hydrogens is 458 g/mol. The van der Waals surface area contributed by atoms with Crippen LogP contribution in [0.5, 0.6) is 0 Å². The van der Waals surface area contributed by atoms with Crippen LogP contribution in [-0.4, -0.2) is 41.3 Å². The molecule has 0 atom stereocenters. The number of benzene rings is 3. The fourth-order valence-corrected chi connectivity index (χ4v) is 6.04. The molecule has 1 aliphatic rings. The first kappa shape index (κ1) is 22.8. The molecule has 1 aliphatic heterocycles. The van der Waals surface area contributed by atoms with Crippen LogP contribution in [0.4, 0.5) is 0 Å². The summed E-state index contributed by atoms with van der Waals surface area (Å²) in [5.74, 6) is 0.0781. The van der Waals surface area contributed by atoms with Crippen LogP contribution in [0.3, 0.4) is 0 Å². The molecule has 0 bridgehead atoms. The molecule has 3 aromatic rings. The van der Waals surface area contributed by atoms with Crippen molar-refractivity contribution in [2.45, 2.75) is 21.6 Å². The first-order valence-corrected chi connectivity index (χ1v) is 12.2. The number of aryl methyl sites for hydroxylation is 1. The minimum Gasteiger partial charge on any atom is -0.336 e. The third-order valence-electron chi connectivity index (χ3n) is 5.09. The van der Waals surface area contributed by atoms with E-state index in [0.29, 0.717) is 18.7 Å². The normalized spacial score (nSPS) is 14.2. The van der Waals surface area contributed by atoms with E-state index in [4.69, 9.17) is 11.6 Å². The first-order valence-electron chi connectivity index (χ1n) is 10.3. The Morgan fingerprint density at radius 3 is 2.41 bits per heavy atom. The van der Waals surface area contributed by atoms with E-state index in [9.17, 15) is 10.1 Å². The van der Waals surface area contributed by atoms with Gasteiger partial charge in [0, 0.05) is 51.5 Å². The second-order valence-corrected chi connectivity index (χ2v) is 10.2. The average molecular weight is 480 g/mol. The molecule has 0 radical (unpaired) electrons. The van der Waals surface area contributed by atoms with Gasteiger partial charge in [0.1, 0.15) is 0 Å². The van der Waals surface area contributed by atoms with E-state index in [0.717, 1.165) is 43.9 Å². The lowest BCUT2D eigenvalue weighted by Gasteiger charge is -2.34. The standard InChI is InChI=1S/C25H22ClN3OS2/c1-18-13-21(26)16-22(14-18)31-23-8-7-19(17-27)15-24(23)32-29-11-9-28(10-12-29)25(30)20-5-3-2-4-6-20/h2-8,13-16H,9-12H2,1H3. The van der Waals surface area contributed by atoms with Gasteiger partial charge in [0.05, 0.1) is 11.6 Å². The summed E-state index contributed by atoms with van der Waals surface area (Å²) in [6, 6.07) is 23.4. The van der Waals surface area contributed by atoms with Crippen LogP contribution >= 0.6 is 35.3 Å². The molecule has 4 nitrogen and oxygen atoms in total. The number of carbonyl (C=O) groups is 1. The Kier molecular flexibility index (Phi) is 7.44. The number of piperazine rings is 1. The maximum atomic E-state index is 12.7. The third-order valence-corrected chi connectivity index (χ3v) is 7.64. The molecule has 0 spiro atoms. The highest BCUT2D eigenvalue weighted by molar-refractivity contribution is 8.01. The fraction of sp³-hybridized carbons (Fsp3) is 0.200. The van der Waals surface area contributed by atoms with E-state index >= 15 is 0 Å². The number of halogens is 1. The molecule has 0 aliphatic carbocycles. The van der Waals surface area contributed by atoms with E-state index < -0.39 is 0 Å². The number of hydrogen-bond donors (Lipinski definition) is 0. The monoisotopic (exact) mass is 479 g/mol. The quantitative estimate of drug-likeness (QED) is 0.411. The molecule has 1 amide bonds. The van der Waals surface area contributed by atoms with Gasteiger partial charge in [-0.1, -0.05) is 41.6 Å². The summed E-state index contributed by atoms with van der Waals surface area (Å²) in [5, 5.41) is 10.1. The number of hydrogen-bond acceptors (Lipinski definition) is 5. The van der Waals surface area contributed by atoms with Crippen molar-refractivity contribution < 1.29 is 4.79 Å². The van der Waals surface area contributed by atoms with Crippen molar-refractivity contribution in [2.24, 2.45) is 0 Å². The predicted octanol–water partition coefficient (Wildman–Crippen LogP) is 6.14. The van der Waals surface area contributed by atoms with Gasteiger partial charge in [0.15, 0.2) is 0 Å². The van der Waals surface area contributed by atoms with Gasteiger partial charge in [-0.2, -0.15) is 5.26 Å². The Labute approximate surface area is 202 Å². The maximum Gasteiger partial charge on any atom is 0.253 e. The molecule has 1 fully saturated rings. The minimum atomic E-state index is 0.0781. The summed E-state index contributed by atoms with van der Waals surface area (Å²) in [6.07, 6.45) is 0. The average Bonchev–Trinajstić information content (AvgIpc) is 2.80. The summed E-state index contributed by atoms with van der Waals surface area (Å²) in [4.78, 5) is 17.8. The summed E-state index contributed by atoms with van der Waals surface area (Å²) >= 11 is 9.54. The molecule has 162 valence electrons. The molecule has 0 N–H and O–H groups in total. The molecule has 7 heteroatoms. The van der Waals surface area contributed by atoms with Gasteiger partial charge in [0.25, 0.3) is 5.91 Å². The maximum absolute atomic E-state index is 12.7. The molecule has 0 saturated carbocycles. The van der Waals surface area contributed by atoms with Gasteiger partial charge in [0.2, 0.25) is 0 Å². The van der Waals surface area contributed by atoms with Crippen LogP contribution in [0.1, 0.15) is 21.5 Å².